The van der Waals surface area contributed by atoms with Gasteiger partial charge in [0.1, 0.15) is 10.8 Å². The lowest BCUT2D eigenvalue weighted by Crippen LogP contribution is -2.26. The van der Waals surface area contributed by atoms with Crippen molar-refractivity contribution in [1.82, 2.24) is 15.3 Å². The van der Waals surface area contributed by atoms with E-state index in [4.69, 9.17) is 5.84 Å². The maximum absolute atomic E-state index is 12.0. The van der Waals surface area contributed by atoms with Gasteiger partial charge in [0.25, 0.3) is 5.91 Å². The number of aryl methyl sites for hydroxylation is 1. The van der Waals surface area contributed by atoms with Gasteiger partial charge in [0.05, 0.1) is 11.6 Å². The Kier molecular flexibility index (Phi) is 4.08. The van der Waals surface area contributed by atoms with Gasteiger partial charge in [0.2, 0.25) is 0 Å². The van der Waals surface area contributed by atoms with E-state index >= 15 is 0 Å². The summed E-state index contributed by atoms with van der Waals surface area (Å²) in [5, 5.41) is 5.73. The molecule has 6 nitrogen and oxygen atoms in total. The molecule has 0 bridgehead atoms. The molecule has 1 unspecified atom stereocenters. The summed E-state index contributed by atoms with van der Waals surface area (Å²) in [5.41, 5.74) is 3.86. The molecule has 1 atom stereocenters. The third-order valence-corrected chi connectivity index (χ3v) is 3.67. The summed E-state index contributed by atoms with van der Waals surface area (Å²) in [6, 6.07) is 3.18. The molecule has 2 heterocycles. The Labute approximate surface area is 115 Å². The number of hydrogen-bond donors (Lipinski definition) is 3. The van der Waals surface area contributed by atoms with E-state index in [0.29, 0.717) is 11.4 Å². The van der Waals surface area contributed by atoms with E-state index < -0.39 is 0 Å². The number of nitrogens with zero attached hydrogens (tertiary/aromatic N) is 2. The lowest BCUT2D eigenvalue weighted by Gasteiger charge is -2.11. The minimum atomic E-state index is -0.184. The number of thiazole rings is 1. The number of rotatable bonds is 4. The molecule has 0 spiro atoms. The Morgan fingerprint density at radius 3 is 2.79 bits per heavy atom. The SMILES string of the molecule is Cc1csc(C(C)NC(=O)c2ccc(NN)nc2)n1. The second-order valence-corrected chi connectivity index (χ2v) is 4.99. The minimum Gasteiger partial charge on any atom is -0.343 e. The van der Waals surface area contributed by atoms with E-state index in [0.717, 1.165) is 10.7 Å². The predicted molar refractivity (Wildman–Crippen MR) is 74.8 cm³/mol. The van der Waals surface area contributed by atoms with Crippen LogP contribution < -0.4 is 16.6 Å². The maximum atomic E-state index is 12.0. The minimum absolute atomic E-state index is 0.126. The molecule has 0 aliphatic carbocycles. The number of hydrogen-bond acceptors (Lipinski definition) is 6. The number of hydrazine groups is 1. The number of carbonyl (C=O) groups is 1. The molecule has 1 amide bonds. The summed E-state index contributed by atoms with van der Waals surface area (Å²) >= 11 is 1.53. The summed E-state index contributed by atoms with van der Waals surface area (Å²) < 4.78 is 0. The predicted octanol–water partition coefficient (Wildman–Crippen LogP) is 1.62. The van der Waals surface area contributed by atoms with Crippen molar-refractivity contribution in [2.45, 2.75) is 19.9 Å². The Morgan fingerprint density at radius 1 is 1.47 bits per heavy atom. The molecule has 7 heteroatoms. The zero-order chi connectivity index (χ0) is 13.8. The topological polar surface area (TPSA) is 92.9 Å². The van der Waals surface area contributed by atoms with Gasteiger partial charge in [-0.05, 0) is 26.0 Å². The molecule has 2 aromatic rings. The van der Waals surface area contributed by atoms with Gasteiger partial charge in [-0.1, -0.05) is 0 Å². The van der Waals surface area contributed by atoms with Crippen molar-refractivity contribution in [3.63, 3.8) is 0 Å². The van der Waals surface area contributed by atoms with Crippen molar-refractivity contribution in [3.05, 3.63) is 40.0 Å². The zero-order valence-corrected chi connectivity index (χ0v) is 11.5. The van der Waals surface area contributed by atoms with Crippen molar-refractivity contribution in [2.24, 2.45) is 5.84 Å². The normalized spacial score (nSPS) is 11.9. The summed E-state index contributed by atoms with van der Waals surface area (Å²) in [5.74, 6) is 5.55. The van der Waals surface area contributed by atoms with Crippen LogP contribution in [-0.2, 0) is 0 Å². The van der Waals surface area contributed by atoms with Crippen molar-refractivity contribution in [2.75, 3.05) is 5.43 Å². The highest BCUT2D eigenvalue weighted by atomic mass is 32.1. The third kappa shape index (κ3) is 3.27. The molecular formula is C12H15N5OS. The fourth-order valence-electron chi connectivity index (χ4n) is 1.53. The van der Waals surface area contributed by atoms with E-state index in [2.05, 4.69) is 20.7 Å². The van der Waals surface area contributed by atoms with Gasteiger partial charge >= 0.3 is 0 Å². The molecule has 0 saturated heterocycles. The van der Waals surface area contributed by atoms with Crippen molar-refractivity contribution >= 4 is 23.1 Å². The molecule has 0 fully saturated rings. The van der Waals surface area contributed by atoms with Crippen LogP contribution in [0.25, 0.3) is 0 Å². The van der Waals surface area contributed by atoms with Crippen LogP contribution >= 0.6 is 11.3 Å². The first-order valence-corrected chi connectivity index (χ1v) is 6.63. The van der Waals surface area contributed by atoms with Crippen LogP contribution in [0.5, 0.6) is 0 Å². The van der Waals surface area contributed by atoms with Crippen molar-refractivity contribution < 1.29 is 4.79 Å². The first-order chi connectivity index (χ1) is 9.10. The number of nitrogens with two attached hydrogens (primary N) is 1. The highest BCUT2D eigenvalue weighted by Gasteiger charge is 2.14. The monoisotopic (exact) mass is 277 g/mol. The summed E-state index contributed by atoms with van der Waals surface area (Å²) in [7, 11) is 0. The Morgan fingerprint density at radius 2 is 2.26 bits per heavy atom. The molecule has 0 saturated carbocycles. The number of amides is 1. The van der Waals surface area contributed by atoms with E-state index in [1.807, 2.05) is 19.2 Å². The average Bonchev–Trinajstić information content (AvgIpc) is 2.85. The smallest absolute Gasteiger partial charge is 0.253 e. The Bertz CT molecular complexity index is 566. The number of nitrogen functional groups attached to an aromatic ring is 1. The van der Waals surface area contributed by atoms with Crippen LogP contribution in [0.4, 0.5) is 5.82 Å². The summed E-state index contributed by atoms with van der Waals surface area (Å²) in [6.45, 7) is 3.83. The molecule has 0 aromatic carbocycles. The number of anilines is 1. The van der Waals surface area contributed by atoms with Crippen LogP contribution in [0, 0.1) is 6.92 Å². The summed E-state index contributed by atoms with van der Waals surface area (Å²) in [6.07, 6.45) is 1.48. The van der Waals surface area contributed by atoms with Crippen molar-refractivity contribution in [1.29, 1.82) is 0 Å². The highest BCUT2D eigenvalue weighted by Crippen LogP contribution is 2.17. The molecule has 0 radical (unpaired) electrons. The number of carbonyl (C=O) groups excluding carboxylic acids is 1. The average molecular weight is 277 g/mol. The molecule has 19 heavy (non-hydrogen) atoms. The molecule has 100 valence electrons. The highest BCUT2D eigenvalue weighted by molar-refractivity contribution is 7.09. The quantitative estimate of drug-likeness (QED) is 0.583. The van der Waals surface area contributed by atoms with E-state index in [1.54, 1.807) is 12.1 Å². The standard InChI is InChI=1S/C12H15N5OS/c1-7-6-19-12(15-7)8(2)16-11(18)9-3-4-10(17-13)14-5-9/h3-6,8H,13H2,1-2H3,(H,14,17)(H,16,18). The van der Waals surface area contributed by atoms with Gasteiger partial charge in [-0.15, -0.1) is 11.3 Å². The van der Waals surface area contributed by atoms with Crippen LogP contribution in [0.2, 0.25) is 0 Å². The Balaban J connectivity index is 2.03. The van der Waals surface area contributed by atoms with Gasteiger partial charge in [-0.3, -0.25) is 4.79 Å². The number of aromatic nitrogens is 2. The van der Waals surface area contributed by atoms with Crippen LogP contribution in [-0.4, -0.2) is 15.9 Å². The summed E-state index contributed by atoms with van der Waals surface area (Å²) in [4.78, 5) is 20.3. The Hall–Kier alpha value is -1.99. The van der Waals surface area contributed by atoms with Crippen LogP contribution in [0.1, 0.15) is 34.0 Å². The molecule has 2 aromatic heterocycles. The van der Waals surface area contributed by atoms with Gasteiger partial charge in [-0.2, -0.15) is 0 Å². The lowest BCUT2D eigenvalue weighted by molar-refractivity contribution is 0.0939. The lowest BCUT2D eigenvalue weighted by atomic mass is 10.2. The fraction of sp³-hybridized carbons (Fsp3) is 0.250. The number of nitrogens with one attached hydrogen (secondary N) is 2. The first-order valence-electron chi connectivity index (χ1n) is 5.75. The fourth-order valence-corrected chi connectivity index (χ4v) is 2.33. The van der Waals surface area contributed by atoms with Gasteiger partial charge in [0.15, 0.2) is 0 Å². The maximum Gasteiger partial charge on any atom is 0.253 e. The van der Waals surface area contributed by atoms with E-state index in [1.165, 1.54) is 17.5 Å². The molecule has 2 rings (SSSR count). The van der Waals surface area contributed by atoms with Gasteiger partial charge in [-0.25, -0.2) is 15.8 Å². The second-order valence-electron chi connectivity index (χ2n) is 4.10. The van der Waals surface area contributed by atoms with E-state index in [-0.39, 0.29) is 11.9 Å². The first kappa shape index (κ1) is 13.4. The van der Waals surface area contributed by atoms with Gasteiger partial charge in [0, 0.05) is 17.3 Å². The molecule has 4 N–H and O–H groups in total. The largest absolute Gasteiger partial charge is 0.343 e. The second kappa shape index (κ2) is 5.77. The van der Waals surface area contributed by atoms with Crippen LogP contribution in [0.3, 0.4) is 0 Å². The van der Waals surface area contributed by atoms with Gasteiger partial charge < -0.3 is 10.7 Å². The molecular weight excluding hydrogens is 262 g/mol. The zero-order valence-electron chi connectivity index (χ0n) is 10.7. The molecule has 0 aliphatic heterocycles. The van der Waals surface area contributed by atoms with Crippen LogP contribution in [0.15, 0.2) is 23.7 Å². The third-order valence-electron chi connectivity index (χ3n) is 2.53. The number of pyridine rings is 1. The van der Waals surface area contributed by atoms with E-state index in [9.17, 15) is 4.79 Å². The molecule has 0 aliphatic rings. The van der Waals surface area contributed by atoms with Crippen molar-refractivity contribution in [3.8, 4) is 0 Å².